The summed E-state index contributed by atoms with van der Waals surface area (Å²) in [5, 5.41) is 9.24. The van der Waals surface area contributed by atoms with Crippen LogP contribution in [0.4, 0.5) is 5.69 Å². The highest BCUT2D eigenvalue weighted by Crippen LogP contribution is 2.16. The topological polar surface area (TPSA) is 57.0 Å². The van der Waals surface area contributed by atoms with Gasteiger partial charge in [0.2, 0.25) is 5.91 Å². The van der Waals surface area contributed by atoms with Gasteiger partial charge in [-0.2, -0.15) is 5.26 Å². The van der Waals surface area contributed by atoms with Gasteiger partial charge in [-0.3, -0.25) is 9.78 Å². The van der Waals surface area contributed by atoms with E-state index >= 15 is 0 Å². The van der Waals surface area contributed by atoms with Gasteiger partial charge >= 0.3 is 0 Å². The molecule has 1 amide bonds. The molecule has 20 heavy (non-hydrogen) atoms. The molecule has 0 saturated carbocycles. The van der Waals surface area contributed by atoms with Crippen molar-refractivity contribution < 1.29 is 4.79 Å². The van der Waals surface area contributed by atoms with Crippen LogP contribution in [0.3, 0.4) is 0 Å². The number of nitrogens with zero attached hydrogens (tertiary/aromatic N) is 3. The van der Waals surface area contributed by atoms with Gasteiger partial charge in [-0.15, -0.1) is 0 Å². The molecule has 0 aliphatic carbocycles. The lowest BCUT2D eigenvalue weighted by molar-refractivity contribution is -0.120. The Bertz CT molecular complexity index is 605. The predicted molar refractivity (Wildman–Crippen MR) is 76.9 cm³/mol. The van der Waals surface area contributed by atoms with E-state index in [2.05, 4.69) is 11.1 Å². The second-order valence-electron chi connectivity index (χ2n) is 4.47. The van der Waals surface area contributed by atoms with Gasteiger partial charge in [0.25, 0.3) is 0 Å². The number of benzene rings is 1. The number of amides is 1. The molecule has 0 bridgehead atoms. The quantitative estimate of drug-likeness (QED) is 0.853. The van der Waals surface area contributed by atoms with Crippen LogP contribution in [0.1, 0.15) is 5.56 Å². The number of aromatic nitrogens is 1. The first-order valence-electron chi connectivity index (χ1n) is 6.33. The van der Waals surface area contributed by atoms with Crippen molar-refractivity contribution in [3.05, 3.63) is 60.4 Å². The molecule has 0 saturated heterocycles. The van der Waals surface area contributed by atoms with E-state index in [0.29, 0.717) is 6.42 Å². The summed E-state index contributed by atoms with van der Waals surface area (Å²) in [5.41, 5.74) is 1.72. The number of hydrogen-bond acceptors (Lipinski definition) is 3. The van der Waals surface area contributed by atoms with E-state index in [9.17, 15) is 10.1 Å². The van der Waals surface area contributed by atoms with Crippen LogP contribution in [0.15, 0.2) is 54.9 Å². The third-order valence-corrected chi connectivity index (χ3v) is 3.12. The number of anilines is 1. The zero-order chi connectivity index (χ0) is 14.4. The summed E-state index contributed by atoms with van der Waals surface area (Å²) in [7, 11) is 1.69. The predicted octanol–water partition coefficient (Wildman–Crippen LogP) is 2.43. The molecular weight excluding hydrogens is 250 g/mol. The molecule has 4 nitrogen and oxygen atoms in total. The van der Waals surface area contributed by atoms with E-state index in [1.807, 2.05) is 42.5 Å². The Hall–Kier alpha value is -2.67. The zero-order valence-electron chi connectivity index (χ0n) is 11.2. The molecule has 100 valence electrons. The molecule has 2 rings (SSSR count). The third-order valence-electron chi connectivity index (χ3n) is 3.12. The van der Waals surface area contributed by atoms with Crippen molar-refractivity contribution in [1.29, 1.82) is 5.26 Å². The lowest BCUT2D eigenvalue weighted by Crippen LogP contribution is -2.33. The molecule has 4 heteroatoms. The van der Waals surface area contributed by atoms with E-state index in [1.165, 1.54) is 4.90 Å². The van der Waals surface area contributed by atoms with Crippen molar-refractivity contribution >= 4 is 11.6 Å². The second-order valence-corrected chi connectivity index (χ2v) is 4.47. The molecule has 0 spiro atoms. The minimum atomic E-state index is -0.692. The summed E-state index contributed by atoms with van der Waals surface area (Å²) in [6, 6.07) is 15.0. The van der Waals surface area contributed by atoms with Gasteiger partial charge in [0, 0.05) is 25.1 Å². The van der Waals surface area contributed by atoms with E-state index in [1.54, 1.807) is 19.4 Å². The van der Waals surface area contributed by atoms with Crippen molar-refractivity contribution in [3.63, 3.8) is 0 Å². The lowest BCUT2D eigenvalue weighted by atomic mass is 10.00. The van der Waals surface area contributed by atoms with Gasteiger partial charge < -0.3 is 4.90 Å². The Morgan fingerprint density at radius 2 is 1.90 bits per heavy atom. The Balaban J connectivity index is 2.12. The minimum Gasteiger partial charge on any atom is -0.314 e. The number of pyridine rings is 1. The molecule has 0 radical (unpaired) electrons. The van der Waals surface area contributed by atoms with Gasteiger partial charge in [-0.1, -0.05) is 18.2 Å². The molecule has 2 aromatic rings. The van der Waals surface area contributed by atoms with Crippen LogP contribution in [0.25, 0.3) is 0 Å². The summed E-state index contributed by atoms with van der Waals surface area (Å²) >= 11 is 0. The SMILES string of the molecule is CN(C(=O)C(C#N)Cc1ccncc1)c1ccccc1. The normalized spacial score (nSPS) is 11.4. The number of hydrogen-bond donors (Lipinski definition) is 0. The van der Waals surface area contributed by atoms with Crippen LogP contribution in [0.2, 0.25) is 0 Å². The van der Waals surface area contributed by atoms with Crippen molar-refractivity contribution in [2.45, 2.75) is 6.42 Å². The number of carbonyl (C=O) groups excluding carboxylic acids is 1. The van der Waals surface area contributed by atoms with Gasteiger partial charge in [0.15, 0.2) is 0 Å². The van der Waals surface area contributed by atoms with Crippen LogP contribution in [0, 0.1) is 17.2 Å². The van der Waals surface area contributed by atoms with Crippen LogP contribution < -0.4 is 4.90 Å². The highest BCUT2D eigenvalue weighted by Gasteiger charge is 2.22. The van der Waals surface area contributed by atoms with Gasteiger partial charge in [-0.25, -0.2) is 0 Å². The van der Waals surface area contributed by atoms with Crippen LogP contribution in [-0.4, -0.2) is 17.9 Å². The maximum absolute atomic E-state index is 12.4. The van der Waals surface area contributed by atoms with Crippen LogP contribution >= 0.6 is 0 Å². The molecular formula is C16H15N3O. The molecule has 1 heterocycles. The van der Waals surface area contributed by atoms with E-state index in [4.69, 9.17) is 0 Å². The third kappa shape index (κ3) is 3.21. The van der Waals surface area contributed by atoms with E-state index in [0.717, 1.165) is 11.3 Å². The van der Waals surface area contributed by atoms with Gasteiger partial charge in [0.1, 0.15) is 5.92 Å². The minimum absolute atomic E-state index is 0.199. The Kier molecular flexibility index (Phi) is 4.46. The Morgan fingerprint density at radius 3 is 2.50 bits per heavy atom. The summed E-state index contributed by atoms with van der Waals surface area (Å²) in [6.45, 7) is 0. The number of para-hydroxylation sites is 1. The largest absolute Gasteiger partial charge is 0.314 e. The molecule has 0 fully saturated rings. The van der Waals surface area contributed by atoms with Gasteiger partial charge in [0.05, 0.1) is 6.07 Å². The molecule has 1 atom stereocenters. The molecule has 1 aromatic carbocycles. The fraction of sp³-hybridized carbons (Fsp3) is 0.188. The first-order valence-corrected chi connectivity index (χ1v) is 6.33. The monoisotopic (exact) mass is 265 g/mol. The standard InChI is InChI=1S/C16H15N3O/c1-19(15-5-3-2-4-6-15)16(20)14(12-17)11-13-7-9-18-10-8-13/h2-10,14H,11H2,1H3. The van der Waals surface area contributed by atoms with Gasteiger partial charge in [-0.05, 0) is 36.2 Å². The molecule has 0 aliphatic rings. The van der Waals surface area contributed by atoms with Crippen molar-refractivity contribution in [1.82, 2.24) is 4.98 Å². The summed E-state index contributed by atoms with van der Waals surface area (Å²) in [5.74, 6) is -0.891. The molecule has 0 N–H and O–H groups in total. The number of carbonyl (C=O) groups is 1. The van der Waals surface area contributed by atoms with Crippen molar-refractivity contribution in [2.75, 3.05) is 11.9 Å². The van der Waals surface area contributed by atoms with Crippen molar-refractivity contribution in [3.8, 4) is 6.07 Å². The molecule has 1 aromatic heterocycles. The zero-order valence-corrected chi connectivity index (χ0v) is 11.2. The summed E-state index contributed by atoms with van der Waals surface area (Å²) in [4.78, 5) is 17.8. The first-order chi connectivity index (χ1) is 9.72. The van der Waals surface area contributed by atoms with Crippen LogP contribution in [0.5, 0.6) is 0 Å². The lowest BCUT2D eigenvalue weighted by Gasteiger charge is -2.20. The summed E-state index contributed by atoms with van der Waals surface area (Å²) in [6.07, 6.45) is 3.72. The highest BCUT2D eigenvalue weighted by molar-refractivity contribution is 5.96. The first kappa shape index (κ1) is 13.8. The molecule has 0 aliphatic heterocycles. The van der Waals surface area contributed by atoms with Crippen LogP contribution in [-0.2, 0) is 11.2 Å². The Labute approximate surface area is 118 Å². The average molecular weight is 265 g/mol. The highest BCUT2D eigenvalue weighted by atomic mass is 16.2. The fourth-order valence-corrected chi connectivity index (χ4v) is 1.96. The van der Waals surface area contributed by atoms with Crippen molar-refractivity contribution in [2.24, 2.45) is 5.92 Å². The summed E-state index contributed by atoms with van der Waals surface area (Å²) < 4.78 is 0. The van der Waals surface area contributed by atoms with E-state index < -0.39 is 5.92 Å². The molecule has 1 unspecified atom stereocenters. The second kappa shape index (κ2) is 6.48. The van der Waals surface area contributed by atoms with E-state index in [-0.39, 0.29) is 5.91 Å². The fourth-order valence-electron chi connectivity index (χ4n) is 1.96. The average Bonchev–Trinajstić information content (AvgIpc) is 2.53. The number of rotatable bonds is 4. The maximum atomic E-state index is 12.4. The maximum Gasteiger partial charge on any atom is 0.244 e. The Morgan fingerprint density at radius 1 is 1.25 bits per heavy atom. The smallest absolute Gasteiger partial charge is 0.244 e. The number of nitriles is 1.